The van der Waals surface area contributed by atoms with Gasteiger partial charge in [-0.3, -0.25) is 14.4 Å². The van der Waals surface area contributed by atoms with Gasteiger partial charge in [0.2, 0.25) is 5.91 Å². The first kappa shape index (κ1) is 21.7. The van der Waals surface area contributed by atoms with Crippen molar-refractivity contribution in [2.75, 3.05) is 23.8 Å². The van der Waals surface area contributed by atoms with Gasteiger partial charge in [0.05, 0.1) is 18.7 Å². The Kier molecular flexibility index (Phi) is 7.18. The molecule has 3 amide bonds. The van der Waals surface area contributed by atoms with Gasteiger partial charge >= 0.3 is 18.0 Å². The van der Waals surface area contributed by atoms with Crippen LogP contribution in [0.15, 0.2) is 48.5 Å². The van der Waals surface area contributed by atoms with E-state index in [1.807, 2.05) is 6.92 Å². The first-order valence-corrected chi connectivity index (χ1v) is 8.48. The minimum absolute atomic E-state index is 0.0853. The summed E-state index contributed by atoms with van der Waals surface area (Å²) < 4.78 is 43.3. The monoisotopic (exact) mass is 409 g/mol. The Labute approximate surface area is 164 Å². The number of carbonyl (C=O) groups excluding carboxylic acids is 3. The van der Waals surface area contributed by atoms with Gasteiger partial charge in [-0.1, -0.05) is 6.07 Å². The van der Waals surface area contributed by atoms with E-state index in [1.54, 1.807) is 12.1 Å². The molecule has 29 heavy (non-hydrogen) atoms. The number of carbonyl (C=O) groups is 3. The highest BCUT2D eigenvalue weighted by Gasteiger charge is 2.30. The lowest BCUT2D eigenvalue weighted by molar-refractivity contribution is -0.137. The SMILES string of the molecule is CCOc1ccc(NC(=O)C(=O)NCC(=O)Nc2cccc(C(F)(F)F)c2)cc1. The Balaban J connectivity index is 1.83. The quantitative estimate of drug-likeness (QED) is 0.640. The molecule has 2 aromatic carbocycles. The normalized spacial score (nSPS) is 10.8. The van der Waals surface area contributed by atoms with Gasteiger partial charge in [-0.05, 0) is 49.4 Å². The van der Waals surface area contributed by atoms with E-state index in [9.17, 15) is 27.6 Å². The Hall–Kier alpha value is -3.56. The number of halogens is 3. The summed E-state index contributed by atoms with van der Waals surface area (Å²) in [6, 6.07) is 10.3. The van der Waals surface area contributed by atoms with E-state index in [0.717, 1.165) is 18.2 Å². The third-order valence-corrected chi connectivity index (χ3v) is 3.51. The Morgan fingerprint density at radius 3 is 2.24 bits per heavy atom. The Morgan fingerprint density at radius 1 is 0.931 bits per heavy atom. The maximum atomic E-state index is 12.7. The summed E-state index contributed by atoms with van der Waals surface area (Å²) in [5, 5.41) is 6.65. The van der Waals surface area contributed by atoms with Gasteiger partial charge in [-0.15, -0.1) is 0 Å². The highest BCUT2D eigenvalue weighted by atomic mass is 19.4. The minimum atomic E-state index is -4.55. The molecule has 154 valence electrons. The van der Waals surface area contributed by atoms with Crippen molar-refractivity contribution in [1.82, 2.24) is 5.32 Å². The molecular formula is C19H18F3N3O4. The summed E-state index contributed by atoms with van der Waals surface area (Å²) in [6.07, 6.45) is -4.55. The van der Waals surface area contributed by atoms with Gasteiger partial charge in [0.15, 0.2) is 0 Å². The first-order valence-electron chi connectivity index (χ1n) is 8.48. The lowest BCUT2D eigenvalue weighted by atomic mass is 10.2. The molecule has 2 rings (SSSR count). The van der Waals surface area contributed by atoms with Crippen molar-refractivity contribution in [3.05, 3.63) is 54.1 Å². The number of hydrogen-bond acceptors (Lipinski definition) is 4. The fourth-order valence-electron chi connectivity index (χ4n) is 2.21. The smallest absolute Gasteiger partial charge is 0.416 e. The molecule has 7 nitrogen and oxygen atoms in total. The first-order chi connectivity index (χ1) is 13.7. The van der Waals surface area contributed by atoms with Crippen molar-refractivity contribution in [2.24, 2.45) is 0 Å². The van der Waals surface area contributed by atoms with Crippen molar-refractivity contribution < 1.29 is 32.3 Å². The molecule has 0 bridgehead atoms. The zero-order valence-corrected chi connectivity index (χ0v) is 15.3. The summed E-state index contributed by atoms with van der Waals surface area (Å²) >= 11 is 0. The number of amides is 3. The van der Waals surface area contributed by atoms with Gasteiger partial charge in [0.25, 0.3) is 0 Å². The number of nitrogens with one attached hydrogen (secondary N) is 3. The van der Waals surface area contributed by atoms with Crippen molar-refractivity contribution in [3.63, 3.8) is 0 Å². The molecule has 0 saturated heterocycles. The molecule has 0 heterocycles. The maximum Gasteiger partial charge on any atom is 0.416 e. The number of hydrogen-bond donors (Lipinski definition) is 3. The van der Waals surface area contributed by atoms with Crippen LogP contribution in [0.1, 0.15) is 12.5 Å². The van der Waals surface area contributed by atoms with Gasteiger partial charge in [0, 0.05) is 11.4 Å². The minimum Gasteiger partial charge on any atom is -0.494 e. The third kappa shape index (κ3) is 6.83. The predicted octanol–water partition coefficient (Wildman–Crippen LogP) is 2.80. The molecule has 10 heteroatoms. The van der Waals surface area contributed by atoms with E-state index in [0.29, 0.717) is 18.0 Å². The van der Waals surface area contributed by atoms with Crippen LogP contribution in [-0.2, 0) is 20.6 Å². The average molecular weight is 409 g/mol. The van der Waals surface area contributed by atoms with E-state index in [-0.39, 0.29) is 5.69 Å². The fourth-order valence-corrected chi connectivity index (χ4v) is 2.21. The molecule has 0 aliphatic rings. The molecule has 0 atom stereocenters. The van der Waals surface area contributed by atoms with Crippen LogP contribution in [0.4, 0.5) is 24.5 Å². The Morgan fingerprint density at radius 2 is 1.62 bits per heavy atom. The van der Waals surface area contributed by atoms with Crippen LogP contribution in [0.5, 0.6) is 5.75 Å². The molecule has 0 aliphatic carbocycles. The van der Waals surface area contributed by atoms with Crippen LogP contribution in [-0.4, -0.2) is 30.9 Å². The molecule has 3 N–H and O–H groups in total. The van der Waals surface area contributed by atoms with Crippen molar-refractivity contribution in [3.8, 4) is 5.75 Å². The van der Waals surface area contributed by atoms with E-state index >= 15 is 0 Å². The van der Waals surface area contributed by atoms with Crippen LogP contribution in [0, 0.1) is 0 Å². The van der Waals surface area contributed by atoms with Crippen LogP contribution >= 0.6 is 0 Å². The predicted molar refractivity (Wildman–Crippen MR) is 99.3 cm³/mol. The van der Waals surface area contributed by atoms with Crippen LogP contribution in [0.25, 0.3) is 0 Å². The molecular weight excluding hydrogens is 391 g/mol. The number of benzene rings is 2. The van der Waals surface area contributed by atoms with Crippen molar-refractivity contribution >= 4 is 29.1 Å². The summed E-state index contributed by atoms with van der Waals surface area (Å²) in [4.78, 5) is 35.4. The zero-order chi connectivity index (χ0) is 21.4. The zero-order valence-electron chi connectivity index (χ0n) is 15.3. The lowest BCUT2D eigenvalue weighted by Crippen LogP contribution is -2.39. The lowest BCUT2D eigenvalue weighted by Gasteiger charge is -2.10. The number of anilines is 2. The maximum absolute atomic E-state index is 12.7. The molecule has 0 aromatic heterocycles. The number of ether oxygens (including phenoxy) is 1. The second kappa shape index (κ2) is 9.58. The Bertz CT molecular complexity index is 883. The molecule has 0 aliphatic heterocycles. The van der Waals surface area contributed by atoms with E-state index < -0.39 is 36.0 Å². The van der Waals surface area contributed by atoms with Gasteiger partial charge < -0.3 is 20.7 Å². The average Bonchev–Trinajstić information content (AvgIpc) is 2.67. The van der Waals surface area contributed by atoms with E-state index in [1.165, 1.54) is 18.2 Å². The molecule has 0 radical (unpaired) electrons. The molecule has 0 fully saturated rings. The van der Waals surface area contributed by atoms with Gasteiger partial charge in [0.1, 0.15) is 5.75 Å². The van der Waals surface area contributed by atoms with Crippen LogP contribution in [0.3, 0.4) is 0 Å². The third-order valence-electron chi connectivity index (χ3n) is 3.51. The molecule has 2 aromatic rings. The largest absolute Gasteiger partial charge is 0.494 e. The molecule has 0 saturated carbocycles. The van der Waals surface area contributed by atoms with E-state index in [4.69, 9.17) is 4.74 Å². The second-order valence-corrected chi connectivity index (χ2v) is 5.72. The van der Waals surface area contributed by atoms with Gasteiger partial charge in [-0.25, -0.2) is 0 Å². The number of rotatable bonds is 6. The summed E-state index contributed by atoms with van der Waals surface area (Å²) in [7, 11) is 0. The fraction of sp³-hybridized carbons (Fsp3) is 0.211. The van der Waals surface area contributed by atoms with Gasteiger partial charge in [-0.2, -0.15) is 13.2 Å². The topological polar surface area (TPSA) is 96.5 Å². The summed E-state index contributed by atoms with van der Waals surface area (Å²) in [5.74, 6) is -2.26. The van der Waals surface area contributed by atoms with Crippen LogP contribution in [0.2, 0.25) is 0 Å². The number of alkyl halides is 3. The highest BCUT2D eigenvalue weighted by Crippen LogP contribution is 2.30. The summed E-state index contributed by atoms with van der Waals surface area (Å²) in [5.41, 5.74) is -0.658. The van der Waals surface area contributed by atoms with Crippen molar-refractivity contribution in [2.45, 2.75) is 13.1 Å². The molecule has 0 spiro atoms. The highest BCUT2D eigenvalue weighted by molar-refractivity contribution is 6.39. The van der Waals surface area contributed by atoms with Crippen LogP contribution < -0.4 is 20.7 Å². The second-order valence-electron chi connectivity index (χ2n) is 5.72. The summed E-state index contributed by atoms with van der Waals surface area (Å²) in [6.45, 7) is 1.71. The van der Waals surface area contributed by atoms with Crippen molar-refractivity contribution in [1.29, 1.82) is 0 Å². The standard InChI is InChI=1S/C19H18F3N3O4/c1-2-29-15-8-6-13(7-9-15)25-18(28)17(27)23-11-16(26)24-14-5-3-4-12(10-14)19(20,21)22/h3-10H,2,11H2,1H3,(H,23,27)(H,24,26)(H,25,28). The van der Waals surface area contributed by atoms with E-state index in [2.05, 4.69) is 16.0 Å². The molecule has 0 unspecified atom stereocenters.